The van der Waals surface area contributed by atoms with Crippen LogP contribution in [0.3, 0.4) is 0 Å². The number of nitrogens with zero attached hydrogens (tertiary/aromatic N) is 2. The van der Waals surface area contributed by atoms with Gasteiger partial charge in [0.15, 0.2) is 0 Å². The molecule has 0 unspecified atom stereocenters. The molecule has 2 heterocycles. The summed E-state index contributed by atoms with van der Waals surface area (Å²) in [6.45, 7) is 15.3. The summed E-state index contributed by atoms with van der Waals surface area (Å²) < 4.78 is 0. The van der Waals surface area contributed by atoms with Crippen LogP contribution >= 0.6 is 11.3 Å². The number of aromatic nitrogens is 2. The zero-order valence-corrected chi connectivity index (χ0v) is 14.4. The van der Waals surface area contributed by atoms with Crippen molar-refractivity contribution in [3.8, 4) is 0 Å². The van der Waals surface area contributed by atoms with Crippen molar-refractivity contribution >= 4 is 11.3 Å². The van der Waals surface area contributed by atoms with Crippen molar-refractivity contribution in [2.24, 2.45) is 0 Å². The topological polar surface area (TPSA) is 25.8 Å². The fourth-order valence-electron chi connectivity index (χ4n) is 2.85. The summed E-state index contributed by atoms with van der Waals surface area (Å²) in [5.74, 6) is 0.465. The van der Waals surface area contributed by atoms with Gasteiger partial charge in [-0.1, -0.05) is 13.8 Å². The Morgan fingerprint density at radius 1 is 1.15 bits per heavy atom. The van der Waals surface area contributed by atoms with E-state index in [1.807, 2.05) is 6.20 Å². The van der Waals surface area contributed by atoms with Crippen LogP contribution in [0.25, 0.3) is 0 Å². The second-order valence-electron chi connectivity index (χ2n) is 6.38. The molecular weight excluding hydrogens is 264 g/mol. The molecule has 20 heavy (non-hydrogen) atoms. The lowest BCUT2D eigenvalue weighted by molar-refractivity contribution is 0.617. The van der Waals surface area contributed by atoms with Crippen LogP contribution < -0.4 is 0 Å². The molecule has 0 saturated heterocycles. The largest absolute Gasteiger partial charge is 0.258 e. The highest BCUT2D eigenvalue weighted by atomic mass is 32.1. The van der Waals surface area contributed by atoms with E-state index < -0.39 is 0 Å². The molecule has 0 atom stereocenters. The maximum atomic E-state index is 4.81. The Morgan fingerprint density at radius 2 is 1.80 bits per heavy atom. The molecule has 0 aliphatic rings. The second kappa shape index (κ2) is 5.28. The number of aryl methyl sites for hydroxylation is 3. The van der Waals surface area contributed by atoms with E-state index in [-0.39, 0.29) is 5.41 Å². The molecule has 3 heteroatoms. The highest BCUT2D eigenvalue weighted by molar-refractivity contribution is 7.11. The van der Waals surface area contributed by atoms with E-state index >= 15 is 0 Å². The predicted octanol–water partition coefficient (Wildman–Crippen LogP) is 4.91. The van der Waals surface area contributed by atoms with E-state index in [4.69, 9.17) is 4.98 Å². The highest BCUT2D eigenvalue weighted by Gasteiger charge is 2.30. The molecule has 2 aromatic heterocycles. The van der Waals surface area contributed by atoms with Crippen LogP contribution in [0.15, 0.2) is 12.3 Å². The summed E-state index contributed by atoms with van der Waals surface area (Å²) in [7, 11) is 0. The van der Waals surface area contributed by atoms with Crippen LogP contribution in [0.5, 0.6) is 0 Å². The first-order valence-corrected chi connectivity index (χ1v) is 7.96. The van der Waals surface area contributed by atoms with Crippen molar-refractivity contribution in [3.05, 3.63) is 44.7 Å². The Morgan fingerprint density at radius 3 is 2.25 bits per heavy atom. The zero-order chi connectivity index (χ0) is 15.1. The van der Waals surface area contributed by atoms with E-state index in [0.717, 1.165) is 5.69 Å². The summed E-state index contributed by atoms with van der Waals surface area (Å²) in [5.41, 5.74) is 4.85. The lowest BCUT2D eigenvalue weighted by Crippen LogP contribution is -2.22. The van der Waals surface area contributed by atoms with E-state index in [9.17, 15) is 0 Å². The molecule has 0 spiro atoms. The first-order chi connectivity index (χ1) is 9.23. The van der Waals surface area contributed by atoms with Gasteiger partial charge >= 0.3 is 0 Å². The van der Waals surface area contributed by atoms with Gasteiger partial charge in [-0.3, -0.25) is 4.98 Å². The van der Waals surface area contributed by atoms with Gasteiger partial charge < -0.3 is 0 Å². The van der Waals surface area contributed by atoms with Gasteiger partial charge in [0.2, 0.25) is 0 Å². The van der Waals surface area contributed by atoms with Crippen LogP contribution in [0.1, 0.15) is 66.0 Å². The minimum atomic E-state index is -0.0877. The van der Waals surface area contributed by atoms with Crippen molar-refractivity contribution in [1.29, 1.82) is 0 Å². The SMILES string of the molecule is Cc1cnc(C(C)(C)c2c(C)cc(C(C)C)nc2C)s1. The Balaban J connectivity index is 2.57. The van der Waals surface area contributed by atoms with Crippen molar-refractivity contribution in [2.45, 2.75) is 59.8 Å². The first kappa shape index (κ1) is 15.2. The van der Waals surface area contributed by atoms with E-state index in [2.05, 4.69) is 59.5 Å². The van der Waals surface area contributed by atoms with Crippen LogP contribution in [0, 0.1) is 20.8 Å². The van der Waals surface area contributed by atoms with Crippen molar-refractivity contribution in [2.75, 3.05) is 0 Å². The lowest BCUT2D eigenvalue weighted by atomic mass is 9.81. The predicted molar refractivity (Wildman–Crippen MR) is 86.8 cm³/mol. The Labute approximate surface area is 126 Å². The molecule has 0 aromatic carbocycles. The maximum absolute atomic E-state index is 4.81. The average Bonchev–Trinajstić information content (AvgIpc) is 2.75. The fourth-order valence-corrected chi connectivity index (χ4v) is 3.73. The molecule has 0 radical (unpaired) electrons. The third-order valence-corrected chi connectivity index (χ3v) is 5.03. The van der Waals surface area contributed by atoms with E-state index in [1.165, 1.54) is 26.7 Å². The number of rotatable bonds is 3. The van der Waals surface area contributed by atoms with Crippen molar-refractivity contribution in [3.63, 3.8) is 0 Å². The molecule has 0 N–H and O–H groups in total. The smallest absolute Gasteiger partial charge is 0.103 e. The zero-order valence-electron chi connectivity index (χ0n) is 13.5. The van der Waals surface area contributed by atoms with Crippen LogP contribution in [-0.4, -0.2) is 9.97 Å². The number of hydrogen-bond acceptors (Lipinski definition) is 3. The Hall–Kier alpha value is -1.22. The van der Waals surface area contributed by atoms with Gasteiger partial charge in [0, 0.05) is 27.9 Å². The third kappa shape index (κ3) is 2.64. The molecule has 108 valence electrons. The normalized spacial score (nSPS) is 12.2. The summed E-state index contributed by atoms with van der Waals surface area (Å²) in [6.07, 6.45) is 1.96. The van der Waals surface area contributed by atoms with Gasteiger partial charge in [0.05, 0.1) is 0 Å². The summed E-state index contributed by atoms with van der Waals surface area (Å²) in [6, 6.07) is 2.23. The Bertz CT molecular complexity index is 601. The summed E-state index contributed by atoms with van der Waals surface area (Å²) >= 11 is 1.78. The van der Waals surface area contributed by atoms with Gasteiger partial charge in [-0.25, -0.2) is 4.98 Å². The third-order valence-electron chi connectivity index (χ3n) is 3.79. The molecule has 0 aliphatic carbocycles. The van der Waals surface area contributed by atoms with E-state index in [0.29, 0.717) is 5.92 Å². The quantitative estimate of drug-likeness (QED) is 0.801. The van der Waals surface area contributed by atoms with Gasteiger partial charge in [-0.05, 0) is 57.7 Å². The van der Waals surface area contributed by atoms with Gasteiger partial charge in [0.25, 0.3) is 0 Å². The molecule has 0 fully saturated rings. The average molecular weight is 288 g/mol. The highest BCUT2D eigenvalue weighted by Crippen LogP contribution is 2.37. The lowest BCUT2D eigenvalue weighted by Gasteiger charge is -2.27. The van der Waals surface area contributed by atoms with Gasteiger partial charge in [0.1, 0.15) is 5.01 Å². The molecule has 2 nitrogen and oxygen atoms in total. The molecule has 2 rings (SSSR count). The number of hydrogen-bond donors (Lipinski definition) is 0. The number of pyridine rings is 1. The van der Waals surface area contributed by atoms with Gasteiger partial charge in [-0.15, -0.1) is 11.3 Å². The molecule has 0 bridgehead atoms. The van der Waals surface area contributed by atoms with Crippen LogP contribution in [0.4, 0.5) is 0 Å². The summed E-state index contributed by atoms with van der Waals surface area (Å²) in [4.78, 5) is 10.7. The second-order valence-corrected chi connectivity index (χ2v) is 7.61. The minimum Gasteiger partial charge on any atom is -0.258 e. The van der Waals surface area contributed by atoms with Gasteiger partial charge in [-0.2, -0.15) is 0 Å². The van der Waals surface area contributed by atoms with Crippen LogP contribution in [0.2, 0.25) is 0 Å². The standard InChI is InChI=1S/C17H24N2S/c1-10(2)14-8-11(3)15(13(5)19-14)17(6,7)16-18-9-12(4)20-16/h8-10H,1-7H3. The molecule has 0 saturated carbocycles. The summed E-state index contributed by atoms with van der Waals surface area (Å²) in [5, 5.41) is 1.17. The Kier molecular flexibility index (Phi) is 4.01. The van der Waals surface area contributed by atoms with Crippen molar-refractivity contribution in [1.82, 2.24) is 9.97 Å². The molecular formula is C17H24N2S. The monoisotopic (exact) mass is 288 g/mol. The maximum Gasteiger partial charge on any atom is 0.103 e. The molecule has 0 aliphatic heterocycles. The molecule has 0 amide bonds. The van der Waals surface area contributed by atoms with Crippen LogP contribution in [-0.2, 0) is 5.41 Å². The fraction of sp³-hybridized carbons (Fsp3) is 0.529. The number of thiazole rings is 1. The minimum absolute atomic E-state index is 0.0877. The van der Waals surface area contributed by atoms with E-state index in [1.54, 1.807) is 11.3 Å². The molecule has 2 aromatic rings. The first-order valence-electron chi connectivity index (χ1n) is 7.15. The van der Waals surface area contributed by atoms with Crippen molar-refractivity contribution < 1.29 is 0 Å².